The van der Waals surface area contributed by atoms with E-state index in [0.29, 0.717) is 12.5 Å². The number of hydrogen-bond acceptors (Lipinski definition) is 3. The second-order valence-electron chi connectivity index (χ2n) is 5.94. The van der Waals surface area contributed by atoms with E-state index in [0.717, 1.165) is 30.3 Å². The Kier molecular flexibility index (Phi) is 4.90. The first-order valence-corrected chi connectivity index (χ1v) is 8.24. The van der Waals surface area contributed by atoms with E-state index in [2.05, 4.69) is 19.9 Å². The molecule has 23 heavy (non-hydrogen) atoms. The Morgan fingerprint density at radius 2 is 1.96 bits per heavy atom. The number of pyridine rings is 1. The Balaban J connectivity index is 1.64. The van der Waals surface area contributed by atoms with Crippen molar-refractivity contribution in [2.45, 2.75) is 39.2 Å². The zero-order chi connectivity index (χ0) is 16.1. The van der Waals surface area contributed by atoms with Gasteiger partial charge < -0.3 is 10.6 Å². The van der Waals surface area contributed by atoms with E-state index in [-0.39, 0.29) is 0 Å². The number of aryl methyl sites for hydroxylation is 1. The Hall–Kier alpha value is -2.37. The largest absolute Gasteiger partial charge is 0.370 e. The first-order valence-electron chi connectivity index (χ1n) is 8.24. The van der Waals surface area contributed by atoms with Gasteiger partial charge in [0.15, 0.2) is 5.96 Å². The average Bonchev–Trinajstić information content (AvgIpc) is 2.84. The van der Waals surface area contributed by atoms with Crippen molar-refractivity contribution in [1.29, 1.82) is 0 Å². The fourth-order valence-corrected chi connectivity index (χ4v) is 2.84. The topological polar surface area (TPSA) is 72.3 Å². The maximum Gasteiger partial charge on any atom is 0.191 e. The molecule has 6 heteroatoms. The lowest BCUT2D eigenvalue weighted by Crippen LogP contribution is -2.38. The molecule has 0 saturated carbocycles. The maximum atomic E-state index is 6.14. The van der Waals surface area contributed by atoms with Crippen molar-refractivity contribution in [1.82, 2.24) is 19.4 Å². The quantitative estimate of drug-likeness (QED) is 0.697. The van der Waals surface area contributed by atoms with Gasteiger partial charge in [-0.1, -0.05) is 18.9 Å². The number of aromatic nitrogens is 3. The lowest BCUT2D eigenvalue weighted by Gasteiger charge is -2.21. The highest BCUT2D eigenvalue weighted by Gasteiger charge is 2.10. The van der Waals surface area contributed by atoms with Crippen LogP contribution in [0.25, 0.3) is 5.82 Å². The van der Waals surface area contributed by atoms with E-state index < -0.39 is 0 Å². The van der Waals surface area contributed by atoms with Gasteiger partial charge in [0.2, 0.25) is 0 Å². The number of rotatable bonds is 3. The number of likely N-dealkylation sites (tertiary alicyclic amines) is 1. The van der Waals surface area contributed by atoms with Crippen molar-refractivity contribution in [2.24, 2.45) is 10.7 Å². The molecule has 0 spiro atoms. The van der Waals surface area contributed by atoms with Crippen molar-refractivity contribution < 1.29 is 0 Å². The highest BCUT2D eigenvalue weighted by Crippen LogP contribution is 2.11. The van der Waals surface area contributed by atoms with E-state index in [4.69, 9.17) is 5.73 Å². The summed E-state index contributed by atoms with van der Waals surface area (Å²) in [6, 6.07) is 4.03. The Bertz CT molecular complexity index is 650. The van der Waals surface area contributed by atoms with E-state index in [1.54, 1.807) is 6.20 Å². The van der Waals surface area contributed by atoms with Crippen LogP contribution in [-0.2, 0) is 6.54 Å². The molecule has 0 atom stereocenters. The van der Waals surface area contributed by atoms with Crippen molar-refractivity contribution in [3.05, 3.63) is 42.1 Å². The summed E-state index contributed by atoms with van der Waals surface area (Å²) in [5.74, 6) is 2.45. The normalized spacial score (nSPS) is 16.4. The first-order chi connectivity index (χ1) is 11.2. The third-order valence-corrected chi connectivity index (χ3v) is 4.24. The number of hydrogen-bond donors (Lipinski definition) is 1. The summed E-state index contributed by atoms with van der Waals surface area (Å²) in [7, 11) is 0. The summed E-state index contributed by atoms with van der Waals surface area (Å²) in [4.78, 5) is 15.4. The van der Waals surface area contributed by atoms with Gasteiger partial charge in [-0.2, -0.15) is 0 Å². The lowest BCUT2D eigenvalue weighted by molar-refractivity contribution is 0.428. The second-order valence-corrected chi connectivity index (χ2v) is 5.94. The monoisotopic (exact) mass is 312 g/mol. The van der Waals surface area contributed by atoms with Crippen LogP contribution in [0.15, 0.2) is 35.7 Å². The molecule has 0 aromatic carbocycles. The van der Waals surface area contributed by atoms with Crippen LogP contribution in [0.5, 0.6) is 0 Å². The Morgan fingerprint density at radius 3 is 2.57 bits per heavy atom. The molecular formula is C17H24N6. The van der Waals surface area contributed by atoms with Crippen molar-refractivity contribution in [3.63, 3.8) is 0 Å². The minimum Gasteiger partial charge on any atom is -0.370 e. The zero-order valence-electron chi connectivity index (χ0n) is 13.6. The lowest BCUT2D eigenvalue weighted by atomic mass is 10.2. The maximum absolute atomic E-state index is 6.14. The molecule has 1 fully saturated rings. The molecular weight excluding hydrogens is 288 g/mol. The minimum atomic E-state index is 0.568. The Labute approximate surface area is 137 Å². The van der Waals surface area contributed by atoms with E-state index in [1.165, 1.54) is 25.7 Å². The SMILES string of the molecule is Cc1nccn1-c1ccc(CN=C(N)N2CCCCCC2)cn1. The molecule has 122 valence electrons. The second kappa shape index (κ2) is 7.26. The van der Waals surface area contributed by atoms with Crippen molar-refractivity contribution in [2.75, 3.05) is 13.1 Å². The van der Waals surface area contributed by atoms with E-state index in [1.807, 2.05) is 36.0 Å². The van der Waals surface area contributed by atoms with E-state index in [9.17, 15) is 0 Å². The third-order valence-electron chi connectivity index (χ3n) is 4.24. The predicted octanol–water partition coefficient (Wildman–Crippen LogP) is 2.27. The molecule has 0 amide bonds. The van der Waals surface area contributed by atoms with Gasteiger partial charge in [0.25, 0.3) is 0 Å². The van der Waals surface area contributed by atoms with Gasteiger partial charge >= 0.3 is 0 Å². The fraction of sp³-hybridized carbons (Fsp3) is 0.471. The molecule has 2 aromatic rings. The molecule has 0 unspecified atom stereocenters. The van der Waals surface area contributed by atoms with Gasteiger partial charge in [-0.25, -0.2) is 15.0 Å². The van der Waals surface area contributed by atoms with Crippen molar-refractivity contribution in [3.8, 4) is 5.82 Å². The van der Waals surface area contributed by atoms with Crippen LogP contribution in [0.2, 0.25) is 0 Å². The summed E-state index contributed by atoms with van der Waals surface area (Å²) in [5, 5.41) is 0. The fourth-order valence-electron chi connectivity index (χ4n) is 2.84. The van der Waals surface area contributed by atoms with Gasteiger partial charge in [-0.05, 0) is 31.4 Å². The molecule has 0 aliphatic carbocycles. The van der Waals surface area contributed by atoms with Crippen LogP contribution in [-0.4, -0.2) is 38.5 Å². The minimum absolute atomic E-state index is 0.568. The van der Waals surface area contributed by atoms with Crippen LogP contribution in [0.3, 0.4) is 0 Å². The van der Waals surface area contributed by atoms with E-state index >= 15 is 0 Å². The number of imidazole rings is 1. The number of nitrogens with two attached hydrogens (primary N) is 1. The first kappa shape index (κ1) is 15.5. The summed E-state index contributed by atoms with van der Waals surface area (Å²) in [6.07, 6.45) is 10.5. The van der Waals surface area contributed by atoms with Crippen LogP contribution < -0.4 is 5.73 Å². The van der Waals surface area contributed by atoms with Crippen LogP contribution in [0.1, 0.15) is 37.1 Å². The summed E-state index contributed by atoms with van der Waals surface area (Å²) >= 11 is 0. The van der Waals surface area contributed by atoms with Gasteiger partial charge in [0.05, 0.1) is 6.54 Å². The predicted molar refractivity (Wildman–Crippen MR) is 91.5 cm³/mol. The number of aliphatic imine (C=N–C) groups is 1. The molecule has 2 N–H and O–H groups in total. The number of nitrogens with zero attached hydrogens (tertiary/aromatic N) is 5. The average molecular weight is 312 g/mol. The molecule has 6 nitrogen and oxygen atoms in total. The van der Waals surface area contributed by atoms with Gasteiger partial charge in [-0.3, -0.25) is 4.57 Å². The third kappa shape index (κ3) is 3.88. The van der Waals surface area contributed by atoms with Gasteiger partial charge in [0.1, 0.15) is 11.6 Å². The molecule has 3 heterocycles. The molecule has 3 rings (SSSR count). The van der Waals surface area contributed by atoms with Gasteiger partial charge in [0, 0.05) is 31.7 Å². The highest BCUT2D eigenvalue weighted by molar-refractivity contribution is 5.78. The molecule has 2 aromatic heterocycles. The molecule has 0 radical (unpaired) electrons. The summed E-state index contributed by atoms with van der Waals surface area (Å²) in [6.45, 7) is 4.57. The molecule has 0 bridgehead atoms. The zero-order valence-corrected chi connectivity index (χ0v) is 13.6. The summed E-state index contributed by atoms with van der Waals surface area (Å²) < 4.78 is 1.96. The van der Waals surface area contributed by atoms with Crippen LogP contribution in [0.4, 0.5) is 0 Å². The molecule has 1 saturated heterocycles. The van der Waals surface area contributed by atoms with Crippen LogP contribution in [0, 0.1) is 6.92 Å². The standard InChI is InChI=1S/C17H24N6/c1-14-19-8-11-23(14)16-7-6-15(12-20-16)13-21-17(18)22-9-4-2-3-5-10-22/h6-8,11-12H,2-5,9-10,13H2,1H3,(H2,18,21). The Morgan fingerprint density at radius 1 is 1.17 bits per heavy atom. The van der Waals surface area contributed by atoms with Gasteiger partial charge in [-0.15, -0.1) is 0 Å². The molecule has 1 aliphatic heterocycles. The van der Waals surface area contributed by atoms with Crippen molar-refractivity contribution >= 4 is 5.96 Å². The highest BCUT2D eigenvalue weighted by atomic mass is 15.2. The smallest absolute Gasteiger partial charge is 0.191 e. The number of guanidine groups is 1. The summed E-state index contributed by atoms with van der Waals surface area (Å²) in [5.41, 5.74) is 7.20. The molecule has 1 aliphatic rings. The van der Waals surface area contributed by atoms with Crippen LogP contribution >= 0.6 is 0 Å².